The van der Waals surface area contributed by atoms with E-state index in [1.807, 2.05) is 55.6 Å². The van der Waals surface area contributed by atoms with Crippen LogP contribution in [0, 0.1) is 6.92 Å². The molecule has 1 N–H and O–H groups in total. The van der Waals surface area contributed by atoms with Crippen molar-refractivity contribution >= 4 is 45.9 Å². The molecule has 0 spiro atoms. The molecule has 0 saturated carbocycles. The molecule has 1 aromatic carbocycles. The lowest BCUT2D eigenvalue weighted by molar-refractivity contribution is -0.116. The van der Waals surface area contributed by atoms with Gasteiger partial charge in [-0.2, -0.15) is 0 Å². The Morgan fingerprint density at radius 2 is 1.94 bits per heavy atom. The van der Waals surface area contributed by atoms with Crippen LogP contribution >= 0.6 is 22.7 Å². The van der Waals surface area contributed by atoms with Crippen molar-refractivity contribution in [1.29, 1.82) is 0 Å². The number of carbonyl (C=O) groups is 2. The van der Waals surface area contributed by atoms with E-state index in [0.29, 0.717) is 22.8 Å². The van der Waals surface area contributed by atoms with Crippen molar-refractivity contribution in [3.63, 3.8) is 0 Å². The first-order valence-corrected chi connectivity index (χ1v) is 12.3. The number of morpholine rings is 1. The van der Waals surface area contributed by atoms with Crippen LogP contribution < -0.4 is 10.2 Å². The number of thiazole rings is 1. The summed E-state index contributed by atoms with van der Waals surface area (Å²) in [6.45, 7) is 7.33. The van der Waals surface area contributed by atoms with Gasteiger partial charge in [-0.3, -0.25) is 9.59 Å². The second kappa shape index (κ2) is 10.2. The summed E-state index contributed by atoms with van der Waals surface area (Å²) < 4.78 is 5.39. The zero-order valence-corrected chi connectivity index (χ0v) is 19.8. The number of hydrogen-bond acceptors (Lipinski definition) is 7. The molecule has 1 aliphatic heterocycles. The summed E-state index contributed by atoms with van der Waals surface area (Å²) in [6.07, 6.45) is 0. The minimum atomic E-state index is -0.222. The van der Waals surface area contributed by atoms with Crippen molar-refractivity contribution in [2.24, 2.45) is 0 Å². The highest BCUT2D eigenvalue weighted by molar-refractivity contribution is 7.22. The highest BCUT2D eigenvalue weighted by atomic mass is 32.1. The predicted molar refractivity (Wildman–Crippen MR) is 130 cm³/mol. The van der Waals surface area contributed by atoms with E-state index < -0.39 is 0 Å². The van der Waals surface area contributed by atoms with Gasteiger partial charge < -0.3 is 19.9 Å². The summed E-state index contributed by atoms with van der Waals surface area (Å²) in [5.74, 6) is -0.386. The third-order valence-electron chi connectivity index (χ3n) is 5.25. The van der Waals surface area contributed by atoms with Crippen molar-refractivity contribution in [3.8, 4) is 9.88 Å². The molecular formula is C23H26N4O3S2. The number of carbonyl (C=O) groups excluding carboxylic acids is 2. The molecular weight excluding hydrogens is 444 g/mol. The van der Waals surface area contributed by atoms with Gasteiger partial charge >= 0.3 is 0 Å². The van der Waals surface area contributed by atoms with Crippen molar-refractivity contribution in [2.75, 3.05) is 49.6 Å². The molecule has 3 heterocycles. The van der Waals surface area contributed by atoms with Crippen LogP contribution in [0.25, 0.3) is 9.88 Å². The number of ether oxygens (including phenoxy) is 1. The highest BCUT2D eigenvalue weighted by Gasteiger charge is 2.23. The zero-order chi connectivity index (χ0) is 22.5. The van der Waals surface area contributed by atoms with Crippen LogP contribution in [-0.4, -0.2) is 61.1 Å². The molecule has 0 radical (unpaired) electrons. The molecule has 0 aliphatic carbocycles. The first-order valence-electron chi connectivity index (χ1n) is 10.6. The molecule has 168 valence electrons. The molecule has 1 fully saturated rings. The number of aromatic nitrogens is 1. The summed E-state index contributed by atoms with van der Waals surface area (Å²) >= 11 is 2.97. The minimum Gasteiger partial charge on any atom is -0.378 e. The Bertz CT molecular complexity index is 1060. The molecule has 7 nitrogen and oxygen atoms in total. The topological polar surface area (TPSA) is 74.8 Å². The normalized spacial score (nSPS) is 13.8. The third-order valence-corrected chi connectivity index (χ3v) is 7.44. The van der Waals surface area contributed by atoms with E-state index in [1.165, 1.54) is 11.3 Å². The van der Waals surface area contributed by atoms with Gasteiger partial charge in [0, 0.05) is 31.0 Å². The number of thiophene rings is 1. The maximum atomic E-state index is 13.1. The van der Waals surface area contributed by atoms with Gasteiger partial charge in [-0.1, -0.05) is 6.07 Å². The summed E-state index contributed by atoms with van der Waals surface area (Å²) in [7, 11) is 0. The number of rotatable bonds is 7. The molecule has 1 aliphatic rings. The molecule has 32 heavy (non-hydrogen) atoms. The van der Waals surface area contributed by atoms with Crippen LogP contribution in [0.15, 0.2) is 41.8 Å². The van der Waals surface area contributed by atoms with Gasteiger partial charge in [0.25, 0.3) is 5.91 Å². The summed E-state index contributed by atoms with van der Waals surface area (Å²) in [5, 5.41) is 5.72. The average molecular weight is 471 g/mol. The summed E-state index contributed by atoms with van der Waals surface area (Å²) in [5.41, 5.74) is 2.52. The van der Waals surface area contributed by atoms with E-state index in [2.05, 4.69) is 15.2 Å². The largest absolute Gasteiger partial charge is 0.378 e. The lowest BCUT2D eigenvalue weighted by Crippen LogP contribution is -2.37. The Kier molecular flexibility index (Phi) is 7.19. The van der Waals surface area contributed by atoms with Gasteiger partial charge in [-0.05, 0) is 49.6 Å². The van der Waals surface area contributed by atoms with Gasteiger partial charge in [0.05, 0.1) is 23.8 Å². The number of anilines is 2. The monoisotopic (exact) mass is 470 g/mol. The van der Waals surface area contributed by atoms with Gasteiger partial charge in [-0.15, -0.1) is 22.7 Å². The van der Waals surface area contributed by atoms with Crippen LogP contribution in [0.3, 0.4) is 0 Å². The summed E-state index contributed by atoms with van der Waals surface area (Å²) in [4.78, 5) is 35.7. The van der Waals surface area contributed by atoms with Crippen LogP contribution in [0.5, 0.6) is 0 Å². The average Bonchev–Trinajstić information content (AvgIpc) is 3.48. The summed E-state index contributed by atoms with van der Waals surface area (Å²) in [6, 6.07) is 11.7. The number of benzene rings is 1. The smallest absolute Gasteiger partial charge is 0.266 e. The minimum absolute atomic E-state index is 0.00771. The Morgan fingerprint density at radius 1 is 1.19 bits per heavy atom. The fourth-order valence-electron chi connectivity index (χ4n) is 3.52. The fraction of sp³-hybridized carbons (Fsp3) is 0.348. The molecule has 1 saturated heterocycles. The Balaban J connectivity index is 1.38. The third kappa shape index (κ3) is 5.17. The predicted octanol–water partition coefficient (Wildman–Crippen LogP) is 4.12. The second-order valence-corrected chi connectivity index (χ2v) is 9.37. The molecule has 3 aromatic rings. The number of aryl methyl sites for hydroxylation is 1. The van der Waals surface area contributed by atoms with Crippen LogP contribution in [0.2, 0.25) is 0 Å². The Hall–Kier alpha value is -2.75. The van der Waals surface area contributed by atoms with Crippen molar-refractivity contribution < 1.29 is 14.3 Å². The number of hydrogen-bond donors (Lipinski definition) is 1. The number of nitrogens with one attached hydrogen (secondary N) is 1. The number of amides is 2. The molecule has 0 bridgehead atoms. The van der Waals surface area contributed by atoms with Crippen LogP contribution in [0.4, 0.5) is 11.4 Å². The molecule has 9 heteroatoms. The van der Waals surface area contributed by atoms with Gasteiger partial charge in [-0.25, -0.2) is 4.98 Å². The fourth-order valence-corrected chi connectivity index (χ4v) is 5.35. The molecule has 0 atom stereocenters. The number of nitrogens with zero attached hydrogens (tertiary/aromatic N) is 3. The molecule has 2 amide bonds. The lowest BCUT2D eigenvalue weighted by Gasteiger charge is -2.29. The van der Waals surface area contributed by atoms with E-state index in [0.717, 1.165) is 41.9 Å². The van der Waals surface area contributed by atoms with Crippen molar-refractivity contribution in [2.45, 2.75) is 13.8 Å². The highest BCUT2D eigenvalue weighted by Crippen LogP contribution is 2.31. The maximum Gasteiger partial charge on any atom is 0.266 e. The molecule has 4 rings (SSSR count). The van der Waals surface area contributed by atoms with E-state index in [4.69, 9.17) is 4.74 Å². The van der Waals surface area contributed by atoms with E-state index >= 15 is 0 Å². The van der Waals surface area contributed by atoms with E-state index in [1.54, 1.807) is 16.2 Å². The van der Waals surface area contributed by atoms with E-state index in [-0.39, 0.29) is 18.4 Å². The van der Waals surface area contributed by atoms with Gasteiger partial charge in [0.15, 0.2) is 0 Å². The Morgan fingerprint density at radius 3 is 2.59 bits per heavy atom. The van der Waals surface area contributed by atoms with Gasteiger partial charge in [0.2, 0.25) is 5.91 Å². The van der Waals surface area contributed by atoms with Crippen LogP contribution in [0.1, 0.15) is 22.3 Å². The quantitative estimate of drug-likeness (QED) is 0.562. The standard InChI is InChI=1S/C23H26N4O3S2/c1-3-26(23(29)21-16(2)24-22(32-21)19-5-4-14-31-19)15-20(28)25-17-6-8-18(9-7-17)27-10-12-30-13-11-27/h4-9,14H,3,10-13,15H2,1-2H3,(H,25,28). The molecule has 2 aromatic heterocycles. The first kappa shape index (κ1) is 22.4. The molecule has 0 unspecified atom stereocenters. The maximum absolute atomic E-state index is 13.1. The van der Waals surface area contributed by atoms with Crippen molar-refractivity contribution in [3.05, 3.63) is 52.3 Å². The van der Waals surface area contributed by atoms with Gasteiger partial charge in [0.1, 0.15) is 16.4 Å². The lowest BCUT2D eigenvalue weighted by atomic mass is 10.2. The Labute approximate surface area is 195 Å². The second-order valence-electron chi connectivity index (χ2n) is 7.42. The van der Waals surface area contributed by atoms with Crippen molar-refractivity contribution in [1.82, 2.24) is 9.88 Å². The SMILES string of the molecule is CCN(CC(=O)Nc1ccc(N2CCOCC2)cc1)C(=O)c1sc(-c2cccs2)nc1C. The number of likely N-dealkylation sites (N-methyl/N-ethyl adjacent to an activating group) is 1. The zero-order valence-electron chi connectivity index (χ0n) is 18.2. The van der Waals surface area contributed by atoms with E-state index in [9.17, 15) is 9.59 Å². The van der Waals surface area contributed by atoms with Crippen LogP contribution in [-0.2, 0) is 9.53 Å². The first-order chi connectivity index (χ1) is 15.5.